The van der Waals surface area contributed by atoms with Gasteiger partial charge in [0, 0.05) is 13.0 Å². The van der Waals surface area contributed by atoms with Gasteiger partial charge in [0.15, 0.2) is 0 Å². The summed E-state index contributed by atoms with van der Waals surface area (Å²) in [5, 5.41) is 2.81. The molecule has 0 fully saturated rings. The second-order valence-corrected chi connectivity index (χ2v) is 7.73. The molecule has 0 heterocycles. The van der Waals surface area contributed by atoms with Crippen LogP contribution in [0.15, 0.2) is 53.4 Å². The highest BCUT2D eigenvalue weighted by atomic mass is 35.5. The van der Waals surface area contributed by atoms with Crippen LogP contribution in [-0.2, 0) is 14.8 Å². The van der Waals surface area contributed by atoms with E-state index in [0.29, 0.717) is 13.2 Å². The van der Waals surface area contributed by atoms with Crippen molar-refractivity contribution >= 4 is 27.5 Å². The standard InChI is InChI=1S/C18H21ClN2O4S/c1-14-6-8-15(9-7-14)25-13-12-20-18(22)10-11-21-26(23,24)17-5-3-2-4-16(17)19/h2-9,21H,10-13H2,1H3,(H,20,22). The molecule has 0 aliphatic rings. The Hall–Kier alpha value is -2.09. The highest BCUT2D eigenvalue weighted by molar-refractivity contribution is 7.89. The van der Waals surface area contributed by atoms with Gasteiger partial charge in [-0.15, -0.1) is 0 Å². The Morgan fingerprint density at radius 1 is 1.08 bits per heavy atom. The third kappa shape index (κ3) is 6.33. The Morgan fingerprint density at radius 2 is 1.77 bits per heavy atom. The van der Waals surface area contributed by atoms with Crippen molar-refractivity contribution in [2.45, 2.75) is 18.2 Å². The molecule has 0 aliphatic heterocycles. The van der Waals surface area contributed by atoms with E-state index in [-0.39, 0.29) is 28.8 Å². The number of hydrogen-bond donors (Lipinski definition) is 2. The van der Waals surface area contributed by atoms with E-state index in [1.807, 2.05) is 31.2 Å². The molecular weight excluding hydrogens is 376 g/mol. The predicted molar refractivity (Wildman–Crippen MR) is 101 cm³/mol. The second-order valence-electron chi connectivity index (χ2n) is 5.59. The maximum absolute atomic E-state index is 12.1. The van der Waals surface area contributed by atoms with Gasteiger partial charge in [-0.25, -0.2) is 13.1 Å². The summed E-state index contributed by atoms with van der Waals surface area (Å²) in [4.78, 5) is 11.8. The maximum atomic E-state index is 12.1. The van der Waals surface area contributed by atoms with Crippen molar-refractivity contribution < 1.29 is 17.9 Å². The number of ether oxygens (including phenoxy) is 1. The Labute approximate surface area is 158 Å². The van der Waals surface area contributed by atoms with Crippen LogP contribution in [0.3, 0.4) is 0 Å². The van der Waals surface area contributed by atoms with Crippen LogP contribution in [-0.4, -0.2) is 34.0 Å². The van der Waals surface area contributed by atoms with Crippen molar-refractivity contribution in [2.24, 2.45) is 0 Å². The number of benzene rings is 2. The Balaban J connectivity index is 1.67. The van der Waals surface area contributed by atoms with E-state index in [2.05, 4.69) is 10.0 Å². The van der Waals surface area contributed by atoms with E-state index in [0.717, 1.165) is 11.3 Å². The lowest BCUT2D eigenvalue weighted by Crippen LogP contribution is -2.32. The number of aryl methyl sites for hydroxylation is 1. The van der Waals surface area contributed by atoms with E-state index in [1.165, 1.54) is 12.1 Å². The molecule has 2 rings (SSSR count). The zero-order valence-electron chi connectivity index (χ0n) is 14.4. The fraction of sp³-hybridized carbons (Fsp3) is 0.278. The Bertz CT molecular complexity index is 839. The molecule has 0 aromatic heterocycles. The molecule has 1 amide bonds. The molecule has 140 valence electrons. The quantitative estimate of drug-likeness (QED) is 0.638. The number of rotatable bonds is 9. The fourth-order valence-electron chi connectivity index (χ4n) is 2.12. The first-order valence-corrected chi connectivity index (χ1v) is 9.95. The van der Waals surface area contributed by atoms with Gasteiger partial charge in [0.05, 0.1) is 11.6 Å². The lowest BCUT2D eigenvalue weighted by atomic mass is 10.2. The fourth-order valence-corrected chi connectivity index (χ4v) is 3.67. The van der Waals surface area contributed by atoms with E-state index < -0.39 is 10.0 Å². The number of sulfonamides is 1. The van der Waals surface area contributed by atoms with E-state index in [4.69, 9.17) is 16.3 Å². The molecule has 0 atom stereocenters. The SMILES string of the molecule is Cc1ccc(OCCNC(=O)CCNS(=O)(=O)c2ccccc2Cl)cc1. The van der Waals surface area contributed by atoms with Crippen molar-refractivity contribution in [3.8, 4) is 5.75 Å². The van der Waals surface area contributed by atoms with Gasteiger partial charge < -0.3 is 10.1 Å². The van der Waals surface area contributed by atoms with Crippen LogP contribution < -0.4 is 14.8 Å². The van der Waals surface area contributed by atoms with Gasteiger partial charge in [-0.2, -0.15) is 0 Å². The number of carbonyl (C=O) groups is 1. The van der Waals surface area contributed by atoms with Gasteiger partial charge in [0.1, 0.15) is 17.3 Å². The third-order valence-corrected chi connectivity index (χ3v) is 5.45. The smallest absolute Gasteiger partial charge is 0.242 e. The summed E-state index contributed by atoms with van der Waals surface area (Å²) in [5.41, 5.74) is 1.14. The van der Waals surface area contributed by atoms with Gasteiger partial charge in [0.2, 0.25) is 15.9 Å². The van der Waals surface area contributed by atoms with Crippen LogP contribution in [0, 0.1) is 6.92 Å². The molecular formula is C18H21ClN2O4S. The monoisotopic (exact) mass is 396 g/mol. The normalized spacial score (nSPS) is 11.2. The van der Waals surface area contributed by atoms with Crippen LogP contribution >= 0.6 is 11.6 Å². The van der Waals surface area contributed by atoms with E-state index in [1.54, 1.807) is 12.1 Å². The average Bonchev–Trinajstić information content (AvgIpc) is 2.60. The number of halogens is 1. The average molecular weight is 397 g/mol. The summed E-state index contributed by atoms with van der Waals surface area (Å²) in [6.45, 7) is 2.65. The molecule has 0 saturated carbocycles. The second kappa shape index (κ2) is 9.56. The van der Waals surface area contributed by atoms with Crippen molar-refractivity contribution in [2.75, 3.05) is 19.7 Å². The molecule has 8 heteroatoms. The molecule has 0 spiro atoms. The van der Waals surface area contributed by atoms with Crippen LogP contribution in [0.25, 0.3) is 0 Å². The summed E-state index contributed by atoms with van der Waals surface area (Å²) in [6, 6.07) is 13.7. The molecule has 0 bridgehead atoms. The lowest BCUT2D eigenvalue weighted by Gasteiger charge is -2.09. The van der Waals surface area contributed by atoms with Gasteiger partial charge >= 0.3 is 0 Å². The number of carbonyl (C=O) groups excluding carboxylic acids is 1. The van der Waals surface area contributed by atoms with E-state index in [9.17, 15) is 13.2 Å². The molecule has 0 aliphatic carbocycles. The largest absolute Gasteiger partial charge is 0.492 e. The molecule has 0 saturated heterocycles. The van der Waals surface area contributed by atoms with Crippen LogP contribution in [0.4, 0.5) is 0 Å². The molecule has 2 N–H and O–H groups in total. The van der Waals surface area contributed by atoms with Crippen molar-refractivity contribution in [3.05, 3.63) is 59.1 Å². The highest BCUT2D eigenvalue weighted by Gasteiger charge is 2.17. The summed E-state index contributed by atoms with van der Waals surface area (Å²) in [5.74, 6) is 0.469. The zero-order chi connectivity index (χ0) is 19.0. The first-order chi connectivity index (χ1) is 12.4. The first-order valence-electron chi connectivity index (χ1n) is 8.09. The summed E-state index contributed by atoms with van der Waals surface area (Å²) >= 11 is 5.88. The molecule has 6 nitrogen and oxygen atoms in total. The maximum Gasteiger partial charge on any atom is 0.242 e. The zero-order valence-corrected chi connectivity index (χ0v) is 15.9. The van der Waals surface area contributed by atoms with Gasteiger partial charge in [-0.05, 0) is 31.2 Å². The molecule has 0 unspecified atom stereocenters. The summed E-state index contributed by atoms with van der Waals surface area (Å²) < 4.78 is 32.1. The van der Waals surface area contributed by atoms with Crippen molar-refractivity contribution in [3.63, 3.8) is 0 Å². The summed E-state index contributed by atoms with van der Waals surface area (Å²) in [7, 11) is -3.74. The van der Waals surface area contributed by atoms with Crippen LogP contribution in [0.5, 0.6) is 5.75 Å². The van der Waals surface area contributed by atoms with Crippen LogP contribution in [0.1, 0.15) is 12.0 Å². The van der Waals surface area contributed by atoms with E-state index >= 15 is 0 Å². The lowest BCUT2D eigenvalue weighted by molar-refractivity contribution is -0.121. The Kier molecular flexibility index (Phi) is 7.44. The summed E-state index contributed by atoms with van der Waals surface area (Å²) in [6.07, 6.45) is 0.0220. The van der Waals surface area contributed by atoms with Crippen molar-refractivity contribution in [1.29, 1.82) is 0 Å². The first kappa shape index (κ1) is 20.2. The minimum Gasteiger partial charge on any atom is -0.492 e. The van der Waals surface area contributed by atoms with Crippen molar-refractivity contribution in [1.82, 2.24) is 10.0 Å². The van der Waals surface area contributed by atoms with Gasteiger partial charge in [-0.1, -0.05) is 41.4 Å². The number of hydrogen-bond acceptors (Lipinski definition) is 4. The minimum atomic E-state index is -3.74. The number of nitrogens with one attached hydrogen (secondary N) is 2. The van der Waals surface area contributed by atoms with Gasteiger partial charge in [0.25, 0.3) is 0 Å². The minimum absolute atomic E-state index is 0.00595. The Morgan fingerprint density at radius 3 is 2.46 bits per heavy atom. The molecule has 2 aromatic rings. The predicted octanol–water partition coefficient (Wildman–Crippen LogP) is 2.51. The van der Waals surface area contributed by atoms with Crippen LogP contribution in [0.2, 0.25) is 5.02 Å². The molecule has 26 heavy (non-hydrogen) atoms. The third-order valence-electron chi connectivity index (χ3n) is 3.48. The topological polar surface area (TPSA) is 84.5 Å². The highest BCUT2D eigenvalue weighted by Crippen LogP contribution is 2.19. The van der Waals surface area contributed by atoms with Gasteiger partial charge in [-0.3, -0.25) is 4.79 Å². The molecule has 2 aromatic carbocycles. The molecule has 0 radical (unpaired) electrons. The number of amides is 1.